The number of nitrogens with one attached hydrogen (secondary N) is 1. The van der Waals surface area contributed by atoms with Gasteiger partial charge in [0, 0.05) is 24.5 Å². The average molecular weight is 323 g/mol. The predicted molar refractivity (Wildman–Crippen MR) is 83.2 cm³/mol. The van der Waals surface area contributed by atoms with Crippen molar-refractivity contribution in [1.82, 2.24) is 9.03 Å². The van der Waals surface area contributed by atoms with Gasteiger partial charge in [-0.3, -0.25) is 0 Å². The van der Waals surface area contributed by atoms with E-state index < -0.39 is 15.7 Å². The highest BCUT2D eigenvalue weighted by Gasteiger charge is 2.39. The average Bonchev–Trinajstić information content (AvgIpc) is 2.67. The SMILES string of the molecule is CC1CCCC(CCl)(NS(=O)(=O)N2CCCCCC2)C1. The lowest BCUT2D eigenvalue weighted by Gasteiger charge is -2.40. The molecule has 6 heteroatoms. The van der Waals surface area contributed by atoms with Crippen LogP contribution in [0.4, 0.5) is 0 Å². The fraction of sp³-hybridized carbons (Fsp3) is 1.00. The maximum Gasteiger partial charge on any atom is 0.279 e. The summed E-state index contributed by atoms with van der Waals surface area (Å²) in [5, 5.41) is 0. The standard InChI is InChI=1S/C14H27ClN2O2S/c1-13-7-6-8-14(11-13,12-15)16-20(18,19)17-9-4-2-3-5-10-17/h13,16H,2-12H2,1H3. The molecule has 2 unspecified atom stereocenters. The quantitative estimate of drug-likeness (QED) is 0.809. The Morgan fingerprint density at radius 1 is 1.20 bits per heavy atom. The van der Waals surface area contributed by atoms with Crippen LogP contribution < -0.4 is 4.72 Å². The lowest BCUT2D eigenvalue weighted by atomic mass is 9.78. The number of rotatable bonds is 4. The van der Waals surface area contributed by atoms with Gasteiger partial charge in [-0.1, -0.05) is 32.6 Å². The zero-order valence-electron chi connectivity index (χ0n) is 12.4. The van der Waals surface area contributed by atoms with Crippen LogP contribution in [0.1, 0.15) is 58.3 Å². The Morgan fingerprint density at radius 2 is 1.85 bits per heavy atom. The van der Waals surface area contributed by atoms with Crippen LogP contribution in [-0.4, -0.2) is 37.2 Å². The van der Waals surface area contributed by atoms with Gasteiger partial charge in [-0.05, 0) is 31.6 Å². The van der Waals surface area contributed by atoms with Crippen LogP contribution in [0.3, 0.4) is 0 Å². The Kier molecular flexibility index (Phi) is 5.74. The molecule has 0 bridgehead atoms. The molecule has 1 saturated carbocycles. The van der Waals surface area contributed by atoms with Crippen molar-refractivity contribution >= 4 is 21.8 Å². The Labute approximate surface area is 128 Å². The molecule has 2 rings (SSSR count). The van der Waals surface area contributed by atoms with E-state index in [1.165, 1.54) is 6.42 Å². The highest BCUT2D eigenvalue weighted by molar-refractivity contribution is 7.87. The summed E-state index contributed by atoms with van der Waals surface area (Å²) in [6.07, 6.45) is 8.11. The lowest BCUT2D eigenvalue weighted by Crippen LogP contribution is -2.56. The number of alkyl halides is 1. The monoisotopic (exact) mass is 322 g/mol. The third-order valence-corrected chi connectivity index (χ3v) is 6.85. The van der Waals surface area contributed by atoms with Crippen LogP contribution in [0.5, 0.6) is 0 Å². The van der Waals surface area contributed by atoms with E-state index in [1.807, 2.05) is 0 Å². The summed E-state index contributed by atoms with van der Waals surface area (Å²) in [4.78, 5) is 0. The smallest absolute Gasteiger partial charge is 0.195 e. The molecular weight excluding hydrogens is 296 g/mol. The summed E-state index contributed by atoms with van der Waals surface area (Å²) >= 11 is 6.13. The second-order valence-electron chi connectivity index (χ2n) is 6.54. The molecule has 2 aliphatic rings. The normalized spacial score (nSPS) is 33.8. The fourth-order valence-electron chi connectivity index (χ4n) is 3.52. The second-order valence-corrected chi connectivity index (χ2v) is 8.47. The van der Waals surface area contributed by atoms with E-state index in [0.717, 1.165) is 44.9 Å². The van der Waals surface area contributed by atoms with E-state index in [4.69, 9.17) is 11.6 Å². The summed E-state index contributed by atoms with van der Waals surface area (Å²) in [7, 11) is -3.40. The van der Waals surface area contributed by atoms with Crippen molar-refractivity contribution in [2.75, 3.05) is 19.0 Å². The van der Waals surface area contributed by atoms with Crippen LogP contribution in [0.15, 0.2) is 0 Å². The summed E-state index contributed by atoms with van der Waals surface area (Å²) in [6.45, 7) is 3.47. The Hall–Kier alpha value is 0.160. The molecule has 4 nitrogen and oxygen atoms in total. The van der Waals surface area contributed by atoms with Crippen LogP contribution in [-0.2, 0) is 10.2 Å². The summed E-state index contributed by atoms with van der Waals surface area (Å²) in [6, 6.07) is 0. The van der Waals surface area contributed by atoms with Crippen molar-refractivity contribution in [3.63, 3.8) is 0 Å². The minimum absolute atomic E-state index is 0.365. The minimum Gasteiger partial charge on any atom is -0.195 e. The molecule has 118 valence electrons. The minimum atomic E-state index is -3.40. The van der Waals surface area contributed by atoms with Gasteiger partial charge in [-0.15, -0.1) is 11.6 Å². The maximum absolute atomic E-state index is 12.6. The number of hydrogen-bond donors (Lipinski definition) is 1. The first-order valence-corrected chi connectivity index (χ1v) is 9.80. The van der Waals surface area contributed by atoms with Crippen molar-refractivity contribution in [2.24, 2.45) is 5.92 Å². The second kappa shape index (κ2) is 6.95. The van der Waals surface area contributed by atoms with Crippen molar-refractivity contribution in [2.45, 2.75) is 63.8 Å². The molecule has 20 heavy (non-hydrogen) atoms. The molecule has 0 spiro atoms. The molecule has 1 aliphatic heterocycles. The van der Waals surface area contributed by atoms with Crippen LogP contribution in [0, 0.1) is 5.92 Å². The molecule has 0 amide bonds. The Bertz CT molecular complexity index is 407. The van der Waals surface area contributed by atoms with Gasteiger partial charge in [0.05, 0.1) is 0 Å². The van der Waals surface area contributed by atoms with Crippen molar-refractivity contribution in [1.29, 1.82) is 0 Å². The van der Waals surface area contributed by atoms with Gasteiger partial charge in [0.2, 0.25) is 0 Å². The lowest BCUT2D eigenvalue weighted by molar-refractivity contribution is 0.233. The molecule has 0 aromatic heterocycles. The highest BCUT2D eigenvalue weighted by Crippen LogP contribution is 2.34. The summed E-state index contributed by atoms with van der Waals surface area (Å²) in [5.74, 6) is 0.902. The molecule has 1 saturated heterocycles. The van der Waals surface area contributed by atoms with E-state index >= 15 is 0 Å². The van der Waals surface area contributed by atoms with Gasteiger partial charge in [0.15, 0.2) is 0 Å². The van der Waals surface area contributed by atoms with Crippen molar-refractivity contribution in [3.05, 3.63) is 0 Å². The van der Waals surface area contributed by atoms with Crippen LogP contribution >= 0.6 is 11.6 Å². The largest absolute Gasteiger partial charge is 0.279 e. The predicted octanol–water partition coefficient (Wildman–Crippen LogP) is 2.88. The first-order chi connectivity index (χ1) is 9.47. The molecule has 1 N–H and O–H groups in total. The van der Waals surface area contributed by atoms with Crippen LogP contribution in [0.25, 0.3) is 0 Å². The summed E-state index contributed by atoms with van der Waals surface area (Å²) in [5.41, 5.74) is -0.440. The third kappa shape index (κ3) is 4.09. The topological polar surface area (TPSA) is 49.4 Å². The third-order valence-electron chi connectivity index (χ3n) is 4.60. The molecule has 0 aromatic carbocycles. The molecule has 1 aliphatic carbocycles. The fourth-order valence-corrected chi connectivity index (χ4v) is 5.58. The zero-order chi connectivity index (χ0) is 14.6. The van der Waals surface area contributed by atoms with Gasteiger partial charge in [-0.25, -0.2) is 0 Å². The van der Waals surface area contributed by atoms with E-state index in [2.05, 4.69) is 11.6 Å². The number of nitrogens with zero attached hydrogens (tertiary/aromatic N) is 1. The maximum atomic E-state index is 12.6. The zero-order valence-corrected chi connectivity index (χ0v) is 14.0. The van der Waals surface area contributed by atoms with Gasteiger partial charge < -0.3 is 0 Å². The number of hydrogen-bond acceptors (Lipinski definition) is 2. The van der Waals surface area contributed by atoms with Crippen molar-refractivity contribution < 1.29 is 8.42 Å². The van der Waals surface area contributed by atoms with Crippen molar-refractivity contribution in [3.8, 4) is 0 Å². The van der Waals surface area contributed by atoms with Gasteiger partial charge in [0.25, 0.3) is 10.2 Å². The van der Waals surface area contributed by atoms with Gasteiger partial charge in [0.1, 0.15) is 0 Å². The molecule has 2 atom stereocenters. The molecule has 0 radical (unpaired) electrons. The van der Waals surface area contributed by atoms with Gasteiger partial charge >= 0.3 is 0 Å². The number of halogens is 1. The summed E-state index contributed by atoms with van der Waals surface area (Å²) < 4.78 is 29.8. The molecular formula is C14H27ClN2O2S. The molecule has 2 fully saturated rings. The van der Waals surface area contributed by atoms with E-state index in [9.17, 15) is 8.42 Å². The van der Waals surface area contributed by atoms with Crippen LogP contribution in [0.2, 0.25) is 0 Å². The highest BCUT2D eigenvalue weighted by atomic mass is 35.5. The Balaban J connectivity index is 2.08. The Morgan fingerprint density at radius 3 is 2.40 bits per heavy atom. The van der Waals surface area contributed by atoms with E-state index in [1.54, 1.807) is 4.31 Å². The molecule has 1 heterocycles. The first-order valence-electron chi connectivity index (χ1n) is 7.82. The van der Waals surface area contributed by atoms with E-state index in [0.29, 0.717) is 24.9 Å². The van der Waals surface area contributed by atoms with Gasteiger partial charge in [-0.2, -0.15) is 17.4 Å². The first kappa shape index (κ1) is 16.5. The molecule has 0 aromatic rings. The van der Waals surface area contributed by atoms with E-state index in [-0.39, 0.29) is 0 Å².